The molecular formula is C20H23N3O4. The Morgan fingerprint density at radius 3 is 1.93 bits per heavy atom. The maximum atomic E-state index is 13.0. The highest BCUT2D eigenvalue weighted by Gasteiger charge is 2.28. The first kappa shape index (κ1) is 18.6. The second-order valence-electron chi connectivity index (χ2n) is 6.11. The van der Waals surface area contributed by atoms with E-state index in [1.807, 2.05) is 30.3 Å². The molecule has 1 heterocycles. The minimum absolute atomic E-state index is 0.160. The van der Waals surface area contributed by atoms with Crippen molar-refractivity contribution in [2.24, 2.45) is 0 Å². The maximum Gasteiger partial charge on any atom is 0.321 e. The van der Waals surface area contributed by atoms with Crippen LogP contribution in [-0.4, -0.2) is 62.1 Å². The average Bonchev–Trinajstić information content (AvgIpc) is 2.73. The number of benzene rings is 2. The molecule has 0 spiro atoms. The molecular weight excluding hydrogens is 346 g/mol. The number of methoxy groups -OCH3 is 2. The van der Waals surface area contributed by atoms with Gasteiger partial charge in [-0.3, -0.25) is 4.79 Å². The van der Waals surface area contributed by atoms with Crippen LogP contribution in [0.2, 0.25) is 0 Å². The number of anilines is 1. The van der Waals surface area contributed by atoms with Crippen molar-refractivity contribution < 1.29 is 19.1 Å². The Bertz CT molecular complexity index is 780. The van der Waals surface area contributed by atoms with Crippen LogP contribution in [0, 0.1) is 0 Å². The number of amides is 3. The minimum atomic E-state index is -0.164. The Kier molecular flexibility index (Phi) is 5.80. The Labute approximate surface area is 158 Å². The van der Waals surface area contributed by atoms with Crippen LogP contribution >= 0.6 is 0 Å². The molecule has 2 aromatic carbocycles. The fraction of sp³-hybridized carbons (Fsp3) is 0.300. The van der Waals surface area contributed by atoms with Crippen LogP contribution in [0.4, 0.5) is 10.5 Å². The SMILES string of the molecule is COc1cccc(OC)c1C(=O)N1CCN(C(=O)Nc2ccccc2)CC1. The first-order valence-electron chi connectivity index (χ1n) is 8.75. The van der Waals surface area contributed by atoms with E-state index in [1.165, 1.54) is 14.2 Å². The van der Waals surface area contributed by atoms with Crippen LogP contribution in [-0.2, 0) is 0 Å². The number of nitrogens with zero attached hydrogens (tertiary/aromatic N) is 2. The number of carbonyl (C=O) groups excluding carboxylic acids is 2. The van der Waals surface area contributed by atoms with Gasteiger partial charge in [-0.05, 0) is 24.3 Å². The molecule has 1 N–H and O–H groups in total. The molecule has 0 aliphatic carbocycles. The molecule has 0 unspecified atom stereocenters. The van der Waals surface area contributed by atoms with E-state index in [0.717, 1.165) is 5.69 Å². The molecule has 3 amide bonds. The van der Waals surface area contributed by atoms with Crippen LogP contribution in [0.3, 0.4) is 0 Å². The summed E-state index contributed by atoms with van der Waals surface area (Å²) in [6, 6.07) is 14.4. The number of piperazine rings is 1. The van der Waals surface area contributed by atoms with Gasteiger partial charge in [0.2, 0.25) is 0 Å². The first-order valence-corrected chi connectivity index (χ1v) is 8.75. The molecule has 142 valence electrons. The highest BCUT2D eigenvalue weighted by Crippen LogP contribution is 2.29. The normalized spacial score (nSPS) is 13.9. The molecule has 1 fully saturated rings. The Balaban J connectivity index is 1.64. The van der Waals surface area contributed by atoms with E-state index < -0.39 is 0 Å². The molecule has 0 bridgehead atoms. The summed E-state index contributed by atoms with van der Waals surface area (Å²) in [5.41, 5.74) is 1.16. The van der Waals surface area contributed by atoms with Gasteiger partial charge < -0.3 is 24.6 Å². The number of ether oxygens (including phenoxy) is 2. The summed E-state index contributed by atoms with van der Waals surface area (Å²) in [5, 5.41) is 2.87. The van der Waals surface area contributed by atoms with E-state index in [9.17, 15) is 9.59 Å². The third-order valence-corrected chi connectivity index (χ3v) is 4.52. The van der Waals surface area contributed by atoms with Crippen LogP contribution in [0.25, 0.3) is 0 Å². The lowest BCUT2D eigenvalue weighted by molar-refractivity contribution is 0.0665. The van der Waals surface area contributed by atoms with Gasteiger partial charge in [0, 0.05) is 31.9 Å². The second-order valence-corrected chi connectivity index (χ2v) is 6.11. The van der Waals surface area contributed by atoms with Gasteiger partial charge in [-0.25, -0.2) is 4.79 Å². The molecule has 7 nitrogen and oxygen atoms in total. The summed E-state index contributed by atoms with van der Waals surface area (Å²) < 4.78 is 10.6. The smallest absolute Gasteiger partial charge is 0.321 e. The largest absolute Gasteiger partial charge is 0.496 e. The van der Waals surface area contributed by atoms with E-state index in [2.05, 4.69) is 5.32 Å². The van der Waals surface area contributed by atoms with Gasteiger partial charge in [-0.2, -0.15) is 0 Å². The van der Waals surface area contributed by atoms with Crippen molar-refractivity contribution in [1.29, 1.82) is 0 Å². The van der Waals surface area contributed by atoms with Gasteiger partial charge in [0.05, 0.1) is 14.2 Å². The van der Waals surface area contributed by atoms with Crippen molar-refractivity contribution in [2.45, 2.75) is 0 Å². The number of rotatable bonds is 4. The standard InChI is InChI=1S/C20H23N3O4/c1-26-16-9-6-10-17(27-2)18(16)19(24)22-11-13-23(14-12-22)20(25)21-15-7-4-3-5-8-15/h3-10H,11-14H2,1-2H3,(H,21,25). The van der Waals surface area contributed by atoms with E-state index in [-0.39, 0.29) is 11.9 Å². The molecule has 0 atom stereocenters. The fourth-order valence-corrected chi connectivity index (χ4v) is 3.06. The molecule has 7 heteroatoms. The lowest BCUT2D eigenvalue weighted by Crippen LogP contribution is -2.51. The van der Waals surface area contributed by atoms with Gasteiger partial charge in [-0.1, -0.05) is 24.3 Å². The Hall–Kier alpha value is -3.22. The zero-order valence-corrected chi connectivity index (χ0v) is 15.5. The van der Waals surface area contributed by atoms with E-state index in [1.54, 1.807) is 28.0 Å². The summed E-state index contributed by atoms with van der Waals surface area (Å²) >= 11 is 0. The fourth-order valence-electron chi connectivity index (χ4n) is 3.06. The molecule has 0 saturated carbocycles. The topological polar surface area (TPSA) is 71.1 Å². The number of hydrogen-bond donors (Lipinski definition) is 1. The van der Waals surface area contributed by atoms with E-state index >= 15 is 0 Å². The maximum absolute atomic E-state index is 13.0. The van der Waals surface area contributed by atoms with Crippen molar-refractivity contribution in [3.63, 3.8) is 0 Å². The molecule has 3 rings (SSSR count). The molecule has 1 aliphatic rings. The summed E-state index contributed by atoms with van der Waals surface area (Å²) in [6.07, 6.45) is 0. The highest BCUT2D eigenvalue weighted by molar-refractivity contribution is 6.00. The first-order chi connectivity index (χ1) is 13.1. The quantitative estimate of drug-likeness (QED) is 0.900. The Morgan fingerprint density at radius 1 is 0.815 bits per heavy atom. The van der Waals surface area contributed by atoms with Crippen molar-refractivity contribution in [3.05, 3.63) is 54.1 Å². The third-order valence-electron chi connectivity index (χ3n) is 4.52. The predicted molar refractivity (Wildman–Crippen MR) is 102 cm³/mol. The predicted octanol–water partition coefficient (Wildman–Crippen LogP) is 2.69. The third kappa shape index (κ3) is 4.13. The lowest BCUT2D eigenvalue weighted by atomic mass is 10.1. The minimum Gasteiger partial charge on any atom is -0.496 e. The average molecular weight is 369 g/mol. The monoisotopic (exact) mass is 369 g/mol. The van der Waals surface area contributed by atoms with E-state index in [4.69, 9.17) is 9.47 Å². The van der Waals surface area contributed by atoms with Gasteiger partial charge >= 0.3 is 6.03 Å². The van der Waals surface area contributed by atoms with E-state index in [0.29, 0.717) is 43.2 Å². The van der Waals surface area contributed by atoms with Crippen molar-refractivity contribution in [2.75, 3.05) is 45.7 Å². The van der Waals surface area contributed by atoms with Crippen LogP contribution < -0.4 is 14.8 Å². The van der Waals surface area contributed by atoms with Crippen LogP contribution in [0.5, 0.6) is 11.5 Å². The molecule has 0 aromatic heterocycles. The van der Waals surface area contributed by atoms with Gasteiger partial charge in [0.1, 0.15) is 17.1 Å². The van der Waals surface area contributed by atoms with Gasteiger partial charge in [0.25, 0.3) is 5.91 Å². The summed E-state index contributed by atoms with van der Waals surface area (Å²) in [5.74, 6) is 0.791. The molecule has 0 radical (unpaired) electrons. The van der Waals surface area contributed by atoms with Crippen molar-refractivity contribution >= 4 is 17.6 Å². The molecule has 27 heavy (non-hydrogen) atoms. The zero-order chi connectivity index (χ0) is 19.2. The summed E-state index contributed by atoms with van der Waals surface area (Å²) in [7, 11) is 3.05. The number of carbonyl (C=O) groups is 2. The van der Waals surface area contributed by atoms with Gasteiger partial charge in [-0.15, -0.1) is 0 Å². The molecule has 1 aliphatic heterocycles. The van der Waals surface area contributed by atoms with Crippen molar-refractivity contribution in [3.8, 4) is 11.5 Å². The van der Waals surface area contributed by atoms with Crippen molar-refractivity contribution in [1.82, 2.24) is 9.80 Å². The number of hydrogen-bond acceptors (Lipinski definition) is 4. The number of nitrogens with one attached hydrogen (secondary N) is 1. The molecule has 1 saturated heterocycles. The van der Waals surface area contributed by atoms with Crippen LogP contribution in [0.15, 0.2) is 48.5 Å². The number of urea groups is 1. The Morgan fingerprint density at radius 2 is 1.37 bits per heavy atom. The molecule has 2 aromatic rings. The van der Waals surface area contributed by atoms with Crippen LogP contribution in [0.1, 0.15) is 10.4 Å². The number of para-hydroxylation sites is 1. The van der Waals surface area contributed by atoms with Gasteiger partial charge in [0.15, 0.2) is 0 Å². The second kappa shape index (κ2) is 8.44. The zero-order valence-electron chi connectivity index (χ0n) is 15.5. The highest BCUT2D eigenvalue weighted by atomic mass is 16.5. The lowest BCUT2D eigenvalue weighted by Gasteiger charge is -2.35. The summed E-state index contributed by atoms with van der Waals surface area (Å²) in [6.45, 7) is 1.81. The summed E-state index contributed by atoms with van der Waals surface area (Å²) in [4.78, 5) is 28.8.